The van der Waals surface area contributed by atoms with Crippen LogP contribution in [0.25, 0.3) is 0 Å². The zero-order chi connectivity index (χ0) is 14.3. The third-order valence-corrected chi connectivity index (χ3v) is 3.77. The molecule has 1 saturated carbocycles. The van der Waals surface area contributed by atoms with Crippen LogP contribution in [0.4, 0.5) is 13.2 Å². The largest absolute Gasteiger partial charge is 0.411 e. The fraction of sp³-hybridized carbons (Fsp3) is 1.00. The molecule has 5 heteroatoms. The molecule has 3 unspecified atom stereocenters. The van der Waals surface area contributed by atoms with Gasteiger partial charge < -0.3 is 10.1 Å². The third-order valence-electron chi connectivity index (χ3n) is 3.77. The van der Waals surface area contributed by atoms with Gasteiger partial charge in [-0.1, -0.05) is 26.7 Å². The molecular formula is C14H26F3NO. The van der Waals surface area contributed by atoms with Crippen molar-refractivity contribution >= 4 is 0 Å². The van der Waals surface area contributed by atoms with Crippen LogP contribution in [-0.2, 0) is 4.74 Å². The van der Waals surface area contributed by atoms with Gasteiger partial charge in [-0.15, -0.1) is 0 Å². The lowest BCUT2D eigenvalue weighted by Gasteiger charge is -2.34. The molecule has 3 atom stereocenters. The highest BCUT2D eigenvalue weighted by molar-refractivity contribution is 4.81. The molecule has 0 aromatic carbocycles. The van der Waals surface area contributed by atoms with E-state index in [1.165, 1.54) is 12.8 Å². The van der Waals surface area contributed by atoms with Crippen LogP contribution in [0.2, 0.25) is 0 Å². The molecule has 0 saturated heterocycles. The summed E-state index contributed by atoms with van der Waals surface area (Å²) in [4.78, 5) is 0. The Bertz CT molecular complexity index is 245. The average molecular weight is 281 g/mol. The molecule has 0 bridgehead atoms. The Hall–Kier alpha value is -0.290. The smallest absolute Gasteiger partial charge is 0.370 e. The number of ether oxygens (including phenoxy) is 1. The van der Waals surface area contributed by atoms with Crippen molar-refractivity contribution in [2.24, 2.45) is 11.8 Å². The molecule has 1 aliphatic rings. The predicted octanol–water partition coefficient (Wildman–Crippen LogP) is 3.76. The topological polar surface area (TPSA) is 21.3 Å². The van der Waals surface area contributed by atoms with E-state index in [0.717, 1.165) is 25.8 Å². The average Bonchev–Trinajstić information content (AvgIpc) is 2.32. The number of alkyl halides is 3. The molecule has 19 heavy (non-hydrogen) atoms. The van der Waals surface area contributed by atoms with Crippen molar-refractivity contribution in [1.29, 1.82) is 0 Å². The summed E-state index contributed by atoms with van der Waals surface area (Å²) in [6.45, 7) is 4.14. The van der Waals surface area contributed by atoms with Gasteiger partial charge in [0.1, 0.15) is 6.61 Å². The van der Waals surface area contributed by atoms with Gasteiger partial charge in [0.2, 0.25) is 0 Å². The highest BCUT2D eigenvalue weighted by Crippen LogP contribution is 2.31. The molecule has 1 rings (SSSR count). The lowest BCUT2D eigenvalue weighted by molar-refractivity contribution is -0.176. The van der Waals surface area contributed by atoms with Crippen LogP contribution in [0.5, 0.6) is 0 Å². The summed E-state index contributed by atoms with van der Waals surface area (Å²) in [6.07, 6.45) is 1.36. The van der Waals surface area contributed by atoms with Crippen molar-refractivity contribution < 1.29 is 17.9 Å². The molecule has 0 aromatic rings. The summed E-state index contributed by atoms with van der Waals surface area (Å²) < 4.78 is 41.2. The molecule has 1 fully saturated rings. The van der Waals surface area contributed by atoms with E-state index in [1.807, 2.05) is 0 Å². The Morgan fingerprint density at radius 2 is 2.05 bits per heavy atom. The normalized spacial score (nSPS) is 26.4. The van der Waals surface area contributed by atoms with Crippen molar-refractivity contribution in [1.82, 2.24) is 5.32 Å². The van der Waals surface area contributed by atoms with Gasteiger partial charge >= 0.3 is 6.18 Å². The van der Waals surface area contributed by atoms with Crippen molar-refractivity contribution in [3.63, 3.8) is 0 Å². The summed E-state index contributed by atoms with van der Waals surface area (Å²) in [5.74, 6) is 1.12. The summed E-state index contributed by atoms with van der Waals surface area (Å²) in [7, 11) is 0. The van der Waals surface area contributed by atoms with E-state index in [9.17, 15) is 13.2 Å². The zero-order valence-electron chi connectivity index (χ0n) is 11.9. The van der Waals surface area contributed by atoms with Crippen LogP contribution in [0, 0.1) is 11.8 Å². The molecule has 1 N–H and O–H groups in total. The number of rotatable bonds is 7. The van der Waals surface area contributed by atoms with Crippen LogP contribution in [-0.4, -0.2) is 32.0 Å². The minimum absolute atomic E-state index is 0.0602. The Morgan fingerprint density at radius 3 is 2.63 bits per heavy atom. The number of halogens is 3. The standard InChI is InChI=1S/C14H26F3NO/c1-3-7-18-13(9-19-10-14(15,16)17)12-6-4-5-11(2)8-12/h11-13,18H,3-10H2,1-2H3. The second kappa shape index (κ2) is 8.10. The maximum absolute atomic E-state index is 12.1. The quantitative estimate of drug-likeness (QED) is 0.767. The fourth-order valence-electron chi connectivity index (χ4n) is 2.84. The zero-order valence-corrected chi connectivity index (χ0v) is 11.9. The Balaban J connectivity index is 2.41. The van der Waals surface area contributed by atoms with Crippen LogP contribution < -0.4 is 5.32 Å². The van der Waals surface area contributed by atoms with Crippen molar-refractivity contribution in [2.45, 2.75) is 58.2 Å². The van der Waals surface area contributed by atoms with E-state index >= 15 is 0 Å². The first-order valence-electron chi connectivity index (χ1n) is 7.30. The number of hydrogen-bond donors (Lipinski definition) is 1. The van der Waals surface area contributed by atoms with Gasteiger partial charge in [-0.25, -0.2) is 0 Å². The van der Waals surface area contributed by atoms with Crippen molar-refractivity contribution in [3.8, 4) is 0 Å². The molecule has 0 aromatic heterocycles. The maximum Gasteiger partial charge on any atom is 0.411 e. The molecule has 2 nitrogen and oxygen atoms in total. The van der Waals surface area contributed by atoms with E-state index in [2.05, 4.69) is 19.2 Å². The molecule has 114 valence electrons. The minimum Gasteiger partial charge on any atom is -0.370 e. The van der Waals surface area contributed by atoms with Crippen LogP contribution in [0.1, 0.15) is 46.0 Å². The summed E-state index contributed by atoms with van der Waals surface area (Å²) in [5, 5.41) is 3.35. The SMILES string of the molecule is CCCNC(COCC(F)(F)F)C1CCCC(C)C1. The summed E-state index contributed by atoms with van der Waals surface area (Å²) in [5.41, 5.74) is 0. The number of nitrogens with one attached hydrogen (secondary N) is 1. The monoisotopic (exact) mass is 281 g/mol. The van der Waals surface area contributed by atoms with Crippen molar-refractivity contribution in [3.05, 3.63) is 0 Å². The van der Waals surface area contributed by atoms with Gasteiger partial charge in [0.25, 0.3) is 0 Å². The van der Waals surface area contributed by atoms with Crippen LogP contribution in [0.15, 0.2) is 0 Å². The fourth-order valence-corrected chi connectivity index (χ4v) is 2.84. The van der Waals surface area contributed by atoms with Crippen LogP contribution in [0.3, 0.4) is 0 Å². The van der Waals surface area contributed by atoms with E-state index in [-0.39, 0.29) is 12.6 Å². The Kier molecular flexibility index (Phi) is 7.15. The second-order valence-corrected chi connectivity index (χ2v) is 5.72. The third kappa shape index (κ3) is 7.16. The lowest BCUT2D eigenvalue weighted by Crippen LogP contribution is -2.42. The number of hydrogen-bond acceptors (Lipinski definition) is 2. The highest BCUT2D eigenvalue weighted by atomic mass is 19.4. The van der Waals surface area contributed by atoms with E-state index in [4.69, 9.17) is 4.74 Å². The van der Waals surface area contributed by atoms with Gasteiger partial charge in [0.15, 0.2) is 0 Å². The Morgan fingerprint density at radius 1 is 1.32 bits per heavy atom. The van der Waals surface area contributed by atoms with Crippen molar-refractivity contribution in [2.75, 3.05) is 19.8 Å². The molecule has 0 spiro atoms. The molecule has 0 amide bonds. The predicted molar refractivity (Wildman–Crippen MR) is 70.1 cm³/mol. The van der Waals surface area contributed by atoms with Crippen LogP contribution >= 0.6 is 0 Å². The highest BCUT2D eigenvalue weighted by Gasteiger charge is 2.30. The first kappa shape index (κ1) is 16.8. The van der Waals surface area contributed by atoms with Gasteiger partial charge in [0.05, 0.1) is 6.61 Å². The lowest BCUT2D eigenvalue weighted by atomic mass is 9.78. The van der Waals surface area contributed by atoms with E-state index in [1.54, 1.807) is 0 Å². The second-order valence-electron chi connectivity index (χ2n) is 5.72. The van der Waals surface area contributed by atoms with Gasteiger partial charge in [-0.2, -0.15) is 13.2 Å². The Labute approximate surface area is 114 Å². The minimum atomic E-state index is -4.23. The first-order valence-corrected chi connectivity index (χ1v) is 7.30. The first-order chi connectivity index (χ1) is 8.92. The van der Waals surface area contributed by atoms with Gasteiger partial charge in [-0.3, -0.25) is 0 Å². The van der Waals surface area contributed by atoms with Gasteiger partial charge in [0, 0.05) is 6.04 Å². The molecule has 1 aliphatic carbocycles. The molecular weight excluding hydrogens is 255 g/mol. The molecule has 0 heterocycles. The molecule has 0 aliphatic heterocycles. The maximum atomic E-state index is 12.1. The molecule has 0 radical (unpaired) electrons. The van der Waals surface area contributed by atoms with E-state index in [0.29, 0.717) is 11.8 Å². The summed E-state index contributed by atoms with van der Waals surface area (Å²) >= 11 is 0. The van der Waals surface area contributed by atoms with Gasteiger partial charge in [-0.05, 0) is 37.6 Å². The van der Waals surface area contributed by atoms with E-state index < -0.39 is 12.8 Å². The summed E-state index contributed by atoms with van der Waals surface area (Å²) in [6, 6.07) is 0.0602.